The molecule has 0 aliphatic rings. The molecule has 0 fully saturated rings. The van der Waals surface area contributed by atoms with Crippen LogP contribution in [-0.4, -0.2) is 46.2 Å². The van der Waals surface area contributed by atoms with Gasteiger partial charge in [-0.3, -0.25) is 4.79 Å². The van der Waals surface area contributed by atoms with Gasteiger partial charge in [0.05, 0.1) is 23.9 Å². The summed E-state index contributed by atoms with van der Waals surface area (Å²) in [6.07, 6.45) is -0.885. The molecule has 0 radical (unpaired) electrons. The van der Waals surface area contributed by atoms with E-state index in [-0.39, 0.29) is 22.0 Å². The van der Waals surface area contributed by atoms with Crippen LogP contribution in [0.1, 0.15) is 43.2 Å². The van der Waals surface area contributed by atoms with Crippen molar-refractivity contribution in [3.63, 3.8) is 0 Å². The Morgan fingerprint density at radius 2 is 1.87 bits per heavy atom. The van der Waals surface area contributed by atoms with Gasteiger partial charge >= 0.3 is 11.9 Å². The third kappa shape index (κ3) is 4.75. The first-order valence-corrected chi connectivity index (χ1v) is 9.07. The highest BCUT2D eigenvalue weighted by atomic mass is 35.5. The maximum atomic E-state index is 13.7. The van der Waals surface area contributed by atoms with Gasteiger partial charge in [0.1, 0.15) is 11.3 Å². The second kappa shape index (κ2) is 9.43. The van der Waals surface area contributed by atoms with Gasteiger partial charge in [0.2, 0.25) is 0 Å². The van der Waals surface area contributed by atoms with Gasteiger partial charge in [0.15, 0.2) is 18.2 Å². The number of carbonyl (C=O) groups excluding carboxylic acids is 3. The Hall–Kier alpha value is -3.66. The van der Waals surface area contributed by atoms with Crippen LogP contribution in [0.15, 0.2) is 48.8 Å². The molecule has 1 aromatic carbocycles. The topological polar surface area (TPSA) is 100 Å². The minimum absolute atomic E-state index is 0.0492. The summed E-state index contributed by atoms with van der Waals surface area (Å²) in [5, 5.41) is 3.82. The summed E-state index contributed by atoms with van der Waals surface area (Å²) in [4.78, 5) is 40.1. The molecule has 3 aromatic rings. The predicted molar refractivity (Wildman–Crippen MR) is 104 cm³/mol. The number of esters is 2. The first-order valence-electron chi connectivity index (χ1n) is 8.69. The van der Waals surface area contributed by atoms with Gasteiger partial charge in [-0.2, -0.15) is 5.10 Å². The molecule has 8 nitrogen and oxygen atoms in total. The molecule has 31 heavy (non-hydrogen) atoms. The minimum atomic E-state index is -3.10. The van der Waals surface area contributed by atoms with E-state index in [2.05, 4.69) is 14.8 Å². The lowest BCUT2D eigenvalue weighted by Crippen LogP contribution is -2.16. The molecule has 3 rings (SSSR count). The highest BCUT2D eigenvalue weighted by molar-refractivity contribution is 6.32. The number of nitrogens with zero attached hydrogens (tertiary/aromatic N) is 3. The van der Waals surface area contributed by atoms with Crippen LogP contribution in [0.25, 0.3) is 5.82 Å². The summed E-state index contributed by atoms with van der Waals surface area (Å²) < 4.78 is 37.5. The van der Waals surface area contributed by atoms with Gasteiger partial charge in [-0.1, -0.05) is 23.7 Å². The summed E-state index contributed by atoms with van der Waals surface area (Å²) in [6.45, 7) is -0.734. The van der Waals surface area contributed by atoms with Crippen LogP contribution in [0.5, 0.6) is 0 Å². The molecule has 0 aliphatic carbocycles. The lowest BCUT2D eigenvalue weighted by Gasteiger charge is -2.09. The summed E-state index contributed by atoms with van der Waals surface area (Å²) in [7, 11) is 1.19. The normalized spacial score (nSPS) is 10.7. The molecule has 2 heterocycles. The molecule has 0 aliphatic heterocycles. The molecule has 0 spiro atoms. The van der Waals surface area contributed by atoms with Crippen molar-refractivity contribution in [2.45, 2.75) is 6.43 Å². The Balaban J connectivity index is 1.79. The first kappa shape index (κ1) is 22.0. The smallest absolute Gasteiger partial charge is 0.342 e. The molecule has 0 saturated heterocycles. The number of benzene rings is 1. The maximum absolute atomic E-state index is 13.7. The fraction of sp³-hybridized carbons (Fsp3) is 0.150. The Labute approximate surface area is 179 Å². The van der Waals surface area contributed by atoms with Crippen molar-refractivity contribution in [2.75, 3.05) is 13.7 Å². The van der Waals surface area contributed by atoms with E-state index >= 15 is 0 Å². The van der Waals surface area contributed by atoms with E-state index in [0.29, 0.717) is 0 Å². The number of hydrogen-bond acceptors (Lipinski definition) is 7. The van der Waals surface area contributed by atoms with Crippen LogP contribution in [0.3, 0.4) is 0 Å². The van der Waals surface area contributed by atoms with Crippen molar-refractivity contribution >= 4 is 29.3 Å². The van der Waals surface area contributed by atoms with E-state index in [1.165, 1.54) is 49.7 Å². The average Bonchev–Trinajstić information content (AvgIpc) is 3.22. The number of ketones is 1. The Kier molecular flexibility index (Phi) is 6.71. The summed E-state index contributed by atoms with van der Waals surface area (Å²) in [6, 6.07) is 8.52. The van der Waals surface area contributed by atoms with Crippen molar-refractivity contribution < 1.29 is 32.6 Å². The molecule has 0 N–H and O–H groups in total. The van der Waals surface area contributed by atoms with Crippen LogP contribution in [0.4, 0.5) is 8.78 Å². The lowest BCUT2D eigenvalue weighted by molar-refractivity contribution is 0.0465. The molecular formula is C20H14ClF2N3O5. The molecule has 2 aromatic heterocycles. The first-order chi connectivity index (χ1) is 14.8. The largest absolute Gasteiger partial charge is 0.465 e. The van der Waals surface area contributed by atoms with Crippen LogP contribution >= 0.6 is 11.6 Å². The number of Topliss-reactive ketones (excluding diaryl/α,β-unsaturated/α-hetero) is 1. The van der Waals surface area contributed by atoms with Gasteiger partial charge in [0, 0.05) is 11.8 Å². The van der Waals surface area contributed by atoms with E-state index in [1.807, 2.05) is 0 Å². The van der Waals surface area contributed by atoms with Crippen LogP contribution < -0.4 is 0 Å². The second-order valence-electron chi connectivity index (χ2n) is 6.04. The van der Waals surface area contributed by atoms with Crippen molar-refractivity contribution in [2.24, 2.45) is 0 Å². The molecule has 11 heteroatoms. The molecular weight excluding hydrogens is 436 g/mol. The van der Waals surface area contributed by atoms with Crippen molar-refractivity contribution in [3.05, 3.63) is 76.2 Å². The third-order valence-corrected chi connectivity index (χ3v) is 4.41. The number of aromatic nitrogens is 3. The number of alkyl halides is 2. The molecule has 160 valence electrons. The lowest BCUT2D eigenvalue weighted by atomic mass is 10.1. The quantitative estimate of drug-likeness (QED) is 0.400. The van der Waals surface area contributed by atoms with Crippen molar-refractivity contribution in [1.29, 1.82) is 0 Å². The maximum Gasteiger partial charge on any atom is 0.342 e. The summed E-state index contributed by atoms with van der Waals surface area (Å²) in [5.74, 6) is -2.55. The standard InChI is InChI=1S/C20H14ClF2N3O5/c1-30-19(28)12-5-2-4-11(8-12)15(27)10-31-20(29)13-9-25-26(16(13)17(22)23)18-14(21)6-3-7-24-18/h2-9,17H,10H2,1H3. The van der Waals surface area contributed by atoms with Crippen LogP contribution in [0, 0.1) is 0 Å². The number of methoxy groups -OCH3 is 1. The van der Waals surface area contributed by atoms with E-state index in [4.69, 9.17) is 16.3 Å². The van der Waals surface area contributed by atoms with E-state index in [1.54, 1.807) is 0 Å². The van der Waals surface area contributed by atoms with Gasteiger partial charge in [0.25, 0.3) is 6.43 Å². The molecule has 0 atom stereocenters. The number of halogens is 3. The minimum Gasteiger partial charge on any atom is -0.465 e. The van der Waals surface area contributed by atoms with Gasteiger partial charge in [-0.05, 0) is 24.3 Å². The molecule has 0 unspecified atom stereocenters. The highest BCUT2D eigenvalue weighted by Gasteiger charge is 2.28. The fourth-order valence-corrected chi connectivity index (χ4v) is 2.86. The van der Waals surface area contributed by atoms with Crippen molar-refractivity contribution in [3.8, 4) is 5.82 Å². The zero-order valence-electron chi connectivity index (χ0n) is 15.9. The number of hydrogen-bond donors (Lipinski definition) is 0. The van der Waals surface area contributed by atoms with Gasteiger partial charge < -0.3 is 9.47 Å². The number of rotatable bonds is 7. The van der Waals surface area contributed by atoms with Gasteiger partial charge in [-0.25, -0.2) is 28.0 Å². The average molecular weight is 450 g/mol. The zero-order valence-corrected chi connectivity index (χ0v) is 16.7. The monoisotopic (exact) mass is 449 g/mol. The second-order valence-corrected chi connectivity index (χ2v) is 6.44. The van der Waals surface area contributed by atoms with E-state index < -0.39 is 42.0 Å². The SMILES string of the molecule is COC(=O)c1cccc(C(=O)COC(=O)c2cnn(-c3ncccc3Cl)c2C(F)F)c1. The number of pyridine rings is 1. The summed E-state index contributed by atoms with van der Waals surface area (Å²) in [5.41, 5.74) is -1.09. The third-order valence-electron chi connectivity index (χ3n) is 4.11. The van der Waals surface area contributed by atoms with Gasteiger partial charge in [-0.15, -0.1) is 0 Å². The van der Waals surface area contributed by atoms with E-state index in [9.17, 15) is 23.2 Å². The highest BCUT2D eigenvalue weighted by Crippen LogP contribution is 2.28. The molecule has 0 bridgehead atoms. The van der Waals surface area contributed by atoms with Crippen LogP contribution in [0.2, 0.25) is 5.02 Å². The Morgan fingerprint density at radius 1 is 1.13 bits per heavy atom. The van der Waals surface area contributed by atoms with Crippen LogP contribution in [-0.2, 0) is 9.47 Å². The number of ether oxygens (including phenoxy) is 2. The summed E-state index contributed by atoms with van der Waals surface area (Å²) >= 11 is 5.98. The fourth-order valence-electron chi connectivity index (χ4n) is 2.66. The Bertz CT molecular complexity index is 1150. The zero-order chi connectivity index (χ0) is 22.5. The predicted octanol–water partition coefficient (Wildman–Crippen LogP) is 3.68. The molecule has 0 saturated carbocycles. The molecule has 0 amide bonds. The Morgan fingerprint density at radius 3 is 2.55 bits per heavy atom. The number of carbonyl (C=O) groups is 3. The van der Waals surface area contributed by atoms with Crippen molar-refractivity contribution in [1.82, 2.24) is 14.8 Å². The van der Waals surface area contributed by atoms with E-state index in [0.717, 1.165) is 10.9 Å².